The standard InChI is InChI=1S/C15H23ClN4/c1-2-13-14(16)17-11-18-15(13)20-9-7-19(8-10-20)12-5-3-4-6-12/h11-12H,2-10H2,1H3. The molecule has 0 N–H and O–H groups in total. The van der Waals surface area contributed by atoms with E-state index in [4.69, 9.17) is 11.6 Å². The Morgan fingerprint density at radius 2 is 1.85 bits per heavy atom. The van der Waals surface area contributed by atoms with Gasteiger partial charge in [-0.2, -0.15) is 0 Å². The van der Waals surface area contributed by atoms with E-state index in [0.29, 0.717) is 5.15 Å². The van der Waals surface area contributed by atoms with Gasteiger partial charge in [0.1, 0.15) is 17.3 Å². The molecule has 2 heterocycles. The Kier molecular flexibility index (Phi) is 4.41. The SMILES string of the molecule is CCc1c(Cl)ncnc1N1CCN(C2CCCC2)CC1. The summed E-state index contributed by atoms with van der Waals surface area (Å²) in [6, 6.07) is 0.830. The van der Waals surface area contributed by atoms with Gasteiger partial charge in [0.15, 0.2) is 0 Å². The highest BCUT2D eigenvalue weighted by Gasteiger charge is 2.27. The van der Waals surface area contributed by atoms with E-state index in [1.807, 2.05) is 0 Å². The molecule has 1 aliphatic carbocycles. The summed E-state index contributed by atoms with van der Waals surface area (Å²) in [5, 5.41) is 0.607. The highest BCUT2D eigenvalue weighted by atomic mass is 35.5. The number of nitrogens with zero attached hydrogens (tertiary/aromatic N) is 4. The maximum Gasteiger partial charge on any atom is 0.137 e. The molecule has 1 aliphatic heterocycles. The van der Waals surface area contributed by atoms with Crippen LogP contribution in [0.4, 0.5) is 5.82 Å². The van der Waals surface area contributed by atoms with Crippen LogP contribution in [0.1, 0.15) is 38.2 Å². The van der Waals surface area contributed by atoms with Crippen molar-refractivity contribution >= 4 is 17.4 Å². The number of hydrogen-bond acceptors (Lipinski definition) is 4. The average molecular weight is 295 g/mol. The van der Waals surface area contributed by atoms with E-state index in [1.54, 1.807) is 6.33 Å². The molecule has 0 bridgehead atoms. The van der Waals surface area contributed by atoms with Crippen molar-refractivity contribution in [2.24, 2.45) is 0 Å². The van der Waals surface area contributed by atoms with E-state index in [2.05, 4.69) is 26.7 Å². The van der Waals surface area contributed by atoms with Crippen molar-refractivity contribution in [2.45, 2.75) is 45.1 Å². The van der Waals surface area contributed by atoms with Crippen LogP contribution >= 0.6 is 11.6 Å². The van der Waals surface area contributed by atoms with Crippen LogP contribution in [-0.2, 0) is 6.42 Å². The molecule has 0 amide bonds. The number of halogens is 1. The lowest BCUT2D eigenvalue weighted by atomic mass is 10.1. The quantitative estimate of drug-likeness (QED) is 0.803. The molecule has 20 heavy (non-hydrogen) atoms. The van der Waals surface area contributed by atoms with Gasteiger partial charge in [-0.25, -0.2) is 9.97 Å². The Morgan fingerprint density at radius 1 is 1.15 bits per heavy atom. The van der Waals surface area contributed by atoms with Crippen molar-refractivity contribution in [3.8, 4) is 0 Å². The normalized spacial score (nSPS) is 21.6. The molecular weight excluding hydrogens is 272 g/mol. The summed E-state index contributed by atoms with van der Waals surface area (Å²) in [5.74, 6) is 1.04. The molecule has 0 radical (unpaired) electrons. The maximum atomic E-state index is 6.19. The smallest absolute Gasteiger partial charge is 0.137 e. The van der Waals surface area contributed by atoms with Crippen LogP contribution in [0.15, 0.2) is 6.33 Å². The van der Waals surface area contributed by atoms with Crippen LogP contribution in [0.3, 0.4) is 0 Å². The first-order valence-corrected chi connectivity index (χ1v) is 8.15. The van der Waals surface area contributed by atoms with E-state index in [0.717, 1.165) is 50.0 Å². The Labute approximate surface area is 126 Å². The Bertz CT molecular complexity index is 451. The highest BCUT2D eigenvalue weighted by molar-refractivity contribution is 6.30. The summed E-state index contributed by atoms with van der Waals surface area (Å²) in [5.41, 5.74) is 1.09. The summed E-state index contributed by atoms with van der Waals surface area (Å²) < 4.78 is 0. The van der Waals surface area contributed by atoms with Gasteiger partial charge < -0.3 is 4.90 Å². The van der Waals surface area contributed by atoms with Gasteiger partial charge >= 0.3 is 0 Å². The maximum absolute atomic E-state index is 6.19. The van der Waals surface area contributed by atoms with E-state index >= 15 is 0 Å². The van der Waals surface area contributed by atoms with Gasteiger partial charge in [0.2, 0.25) is 0 Å². The minimum Gasteiger partial charge on any atom is -0.354 e. The summed E-state index contributed by atoms with van der Waals surface area (Å²) >= 11 is 6.19. The second kappa shape index (κ2) is 6.27. The minimum atomic E-state index is 0.607. The zero-order valence-corrected chi connectivity index (χ0v) is 12.9. The van der Waals surface area contributed by atoms with Crippen LogP contribution in [0.5, 0.6) is 0 Å². The molecule has 0 atom stereocenters. The van der Waals surface area contributed by atoms with Gasteiger partial charge in [0.25, 0.3) is 0 Å². The summed E-state index contributed by atoms with van der Waals surface area (Å²) in [6.45, 7) is 6.52. The predicted octanol–water partition coefficient (Wildman–Crippen LogP) is 2.76. The number of hydrogen-bond donors (Lipinski definition) is 0. The van der Waals surface area contributed by atoms with Crippen molar-refractivity contribution in [1.29, 1.82) is 0 Å². The molecule has 0 spiro atoms. The van der Waals surface area contributed by atoms with Gasteiger partial charge in [0.05, 0.1) is 0 Å². The summed E-state index contributed by atoms with van der Waals surface area (Å²) in [6.07, 6.45) is 8.07. The molecule has 1 saturated heterocycles. The lowest BCUT2D eigenvalue weighted by Crippen LogP contribution is -2.50. The van der Waals surface area contributed by atoms with E-state index in [9.17, 15) is 0 Å². The fourth-order valence-corrected chi connectivity index (χ4v) is 3.79. The minimum absolute atomic E-state index is 0.607. The van der Waals surface area contributed by atoms with Crippen LogP contribution in [0.25, 0.3) is 0 Å². The molecule has 1 aromatic rings. The largest absolute Gasteiger partial charge is 0.354 e. The van der Waals surface area contributed by atoms with Crippen LogP contribution < -0.4 is 4.90 Å². The second-order valence-corrected chi connectivity index (χ2v) is 6.14. The molecule has 2 aliphatic rings. The topological polar surface area (TPSA) is 32.3 Å². The summed E-state index contributed by atoms with van der Waals surface area (Å²) in [4.78, 5) is 13.6. The molecule has 5 heteroatoms. The van der Waals surface area contributed by atoms with Crippen molar-refractivity contribution in [3.63, 3.8) is 0 Å². The monoisotopic (exact) mass is 294 g/mol. The zero-order valence-electron chi connectivity index (χ0n) is 12.2. The fraction of sp³-hybridized carbons (Fsp3) is 0.733. The lowest BCUT2D eigenvalue weighted by Gasteiger charge is -2.39. The first kappa shape index (κ1) is 14.1. The Hall–Kier alpha value is -0.870. The number of rotatable bonds is 3. The van der Waals surface area contributed by atoms with Crippen molar-refractivity contribution in [1.82, 2.24) is 14.9 Å². The third-order valence-corrected chi connectivity index (χ3v) is 5.00. The van der Waals surface area contributed by atoms with E-state index in [1.165, 1.54) is 25.7 Å². The lowest BCUT2D eigenvalue weighted by molar-refractivity contribution is 0.187. The Balaban J connectivity index is 1.67. The molecule has 0 unspecified atom stereocenters. The number of piperazine rings is 1. The van der Waals surface area contributed by atoms with Crippen LogP contribution in [0, 0.1) is 0 Å². The molecule has 0 aromatic carbocycles. The molecule has 3 rings (SSSR count). The Morgan fingerprint density at radius 3 is 2.50 bits per heavy atom. The molecule has 4 nitrogen and oxygen atoms in total. The molecular formula is C15H23ClN4. The van der Waals surface area contributed by atoms with Crippen LogP contribution in [-0.4, -0.2) is 47.1 Å². The van der Waals surface area contributed by atoms with Crippen molar-refractivity contribution in [3.05, 3.63) is 17.0 Å². The van der Waals surface area contributed by atoms with Crippen molar-refractivity contribution in [2.75, 3.05) is 31.1 Å². The van der Waals surface area contributed by atoms with Gasteiger partial charge in [-0.05, 0) is 19.3 Å². The van der Waals surface area contributed by atoms with E-state index in [-0.39, 0.29) is 0 Å². The summed E-state index contributed by atoms with van der Waals surface area (Å²) in [7, 11) is 0. The van der Waals surface area contributed by atoms with Gasteiger partial charge in [-0.15, -0.1) is 0 Å². The predicted molar refractivity (Wildman–Crippen MR) is 82.5 cm³/mol. The molecule has 110 valence electrons. The van der Waals surface area contributed by atoms with Gasteiger partial charge in [-0.1, -0.05) is 31.4 Å². The van der Waals surface area contributed by atoms with Crippen LogP contribution in [0.2, 0.25) is 5.15 Å². The number of aromatic nitrogens is 2. The molecule has 1 aromatic heterocycles. The highest BCUT2D eigenvalue weighted by Crippen LogP contribution is 2.27. The van der Waals surface area contributed by atoms with E-state index < -0.39 is 0 Å². The zero-order chi connectivity index (χ0) is 13.9. The first-order valence-electron chi connectivity index (χ1n) is 7.78. The second-order valence-electron chi connectivity index (χ2n) is 5.78. The van der Waals surface area contributed by atoms with Gasteiger partial charge in [0, 0.05) is 37.8 Å². The van der Waals surface area contributed by atoms with Crippen molar-refractivity contribution < 1.29 is 0 Å². The molecule has 2 fully saturated rings. The average Bonchev–Trinajstić information content (AvgIpc) is 3.01. The first-order chi connectivity index (χ1) is 9.79. The third kappa shape index (κ3) is 2.77. The number of anilines is 1. The third-order valence-electron chi connectivity index (χ3n) is 4.68. The van der Waals surface area contributed by atoms with Gasteiger partial charge in [-0.3, -0.25) is 4.90 Å². The fourth-order valence-electron chi connectivity index (χ4n) is 3.53. The molecule has 1 saturated carbocycles.